The Labute approximate surface area is 198 Å². The topological polar surface area (TPSA) is 128 Å². The molecule has 0 aliphatic heterocycles. The summed E-state index contributed by atoms with van der Waals surface area (Å²) in [6, 6.07) is 9.23. The molecular formula is C25H29N5O4. The lowest BCUT2D eigenvalue weighted by Gasteiger charge is -2.17. The van der Waals surface area contributed by atoms with Gasteiger partial charge < -0.3 is 25.8 Å². The van der Waals surface area contributed by atoms with Crippen molar-refractivity contribution in [3.05, 3.63) is 72.3 Å². The Balaban J connectivity index is 1.56. The maximum absolute atomic E-state index is 12.7. The van der Waals surface area contributed by atoms with Crippen molar-refractivity contribution < 1.29 is 19.1 Å². The van der Waals surface area contributed by atoms with E-state index < -0.39 is 11.4 Å². The SMILES string of the molecule is C=CN=C/C(=C\N)C(=O)NC1(C(=O)NCc2ccc(Oc3ccc(OC)cc3CC)cn2)CC1. The van der Waals surface area contributed by atoms with E-state index in [9.17, 15) is 9.59 Å². The number of rotatable bonds is 11. The number of aryl methyl sites for hydroxylation is 1. The lowest BCUT2D eigenvalue weighted by molar-refractivity contribution is -0.128. The molecule has 1 heterocycles. The smallest absolute Gasteiger partial charge is 0.255 e. The zero-order valence-corrected chi connectivity index (χ0v) is 19.3. The van der Waals surface area contributed by atoms with Crippen LogP contribution in [0.2, 0.25) is 0 Å². The van der Waals surface area contributed by atoms with Crippen LogP contribution >= 0.6 is 0 Å². The number of carbonyl (C=O) groups excluding carboxylic acids is 2. The predicted molar refractivity (Wildman–Crippen MR) is 130 cm³/mol. The van der Waals surface area contributed by atoms with Crippen LogP contribution in [0.15, 0.2) is 66.1 Å². The summed E-state index contributed by atoms with van der Waals surface area (Å²) in [5.74, 6) is 1.36. The molecule has 178 valence electrons. The van der Waals surface area contributed by atoms with Gasteiger partial charge in [-0.3, -0.25) is 19.6 Å². The van der Waals surface area contributed by atoms with Crippen LogP contribution in [0.25, 0.3) is 0 Å². The van der Waals surface area contributed by atoms with Crippen LogP contribution in [0, 0.1) is 0 Å². The number of nitrogens with one attached hydrogen (secondary N) is 2. The van der Waals surface area contributed by atoms with Crippen molar-refractivity contribution >= 4 is 18.0 Å². The highest BCUT2D eigenvalue weighted by molar-refractivity contribution is 6.13. The second-order valence-corrected chi connectivity index (χ2v) is 7.72. The molecule has 0 spiro atoms. The average Bonchev–Trinajstić information content (AvgIpc) is 3.64. The fourth-order valence-electron chi connectivity index (χ4n) is 3.24. The highest BCUT2D eigenvalue weighted by Gasteiger charge is 2.51. The minimum absolute atomic E-state index is 0.152. The largest absolute Gasteiger partial charge is 0.497 e. The minimum atomic E-state index is -0.943. The number of hydrogen-bond donors (Lipinski definition) is 3. The average molecular weight is 464 g/mol. The highest BCUT2D eigenvalue weighted by Crippen LogP contribution is 2.36. The summed E-state index contributed by atoms with van der Waals surface area (Å²) in [6.07, 6.45) is 7.22. The van der Waals surface area contributed by atoms with Gasteiger partial charge in [-0.2, -0.15) is 0 Å². The first kappa shape index (κ1) is 24.5. The van der Waals surface area contributed by atoms with Crippen molar-refractivity contribution in [3.63, 3.8) is 0 Å². The number of carbonyl (C=O) groups is 2. The van der Waals surface area contributed by atoms with Crippen molar-refractivity contribution in [1.82, 2.24) is 15.6 Å². The normalized spacial score (nSPS) is 14.4. The zero-order valence-electron chi connectivity index (χ0n) is 19.3. The quantitative estimate of drug-likeness (QED) is 0.347. The van der Waals surface area contributed by atoms with Crippen molar-refractivity contribution in [1.29, 1.82) is 0 Å². The monoisotopic (exact) mass is 463 g/mol. The lowest BCUT2D eigenvalue weighted by Crippen LogP contribution is -2.49. The summed E-state index contributed by atoms with van der Waals surface area (Å²) in [7, 11) is 1.63. The van der Waals surface area contributed by atoms with E-state index in [1.165, 1.54) is 12.4 Å². The van der Waals surface area contributed by atoms with E-state index in [1.807, 2.05) is 25.1 Å². The first-order chi connectivity index (χ1) is 16.4. The van der Waals surface area contributed by atoms with E-state index in [1.54, 1.807) is 25.4 Å². The van der Waals surface area contributed by atoms with Gasteiger partial charge in [0, 0.05) is 18.6 Å². The molecule has 9 heteroatoms. The number of amides is 2. The van der Waals surface area contributed by atoms with E-state index in [4.69, 9.17) is 15.2 Å². The maximum Gasteiger partial charge on any atom is 0.255 e. The van der Waals surface area contributed by atoms with Crippen LogP contribution in [-0.4, -0.2) is 35.7 Å². The summed E-state index contributed by atoms with van der Waals surface area (Å²) in [4.78, 5) is 33.2. The second-order valence-electron chi connectivity index (χ2n) is 7.72. The van der Waals surface area contributed by atoms with Gasteiger partial charge in [0.2, 0.25) is 5.91 Å². The van der Waals surface area contributed by atoms with Crippen LogP contribution in [0.1, 0.15) is 31.0 Å². The lowest BCUT2D eigenvalue weighted by atomic mass is 10.1. The summed E-state index contributed by atoms with van der Waals surface area (Å²) in [5.41, 5.74) is 6.38. The van der Waals surface area contributed by atoms with Crippen molar-refractivity contribution in [2.24, 2.45) is 10.7 Å². The fourth-order valence-corrected chi connectivity index (χ4v) is 3.24. The number of aliphatic imine (C=N–C) groups is 1. The first-order valence-corrected chi connectivity index (χ1v) is 10.9. The van der Waals surface area contributed by atoms with Gasteiger partial charge in [0.15, 0.2) is 0 Å². The maximum atomic E-state index is 12.7. The summed E-state index contributed by atoms with van der Waals surface area (Å²) >= 11 is 0. The standard InChI is InChI=1S/C25H29N5O4/c1-4-17-12-20(33-3)8-9-22(17)34-21-7-6-19(28-16-21)15-29-24(32)25(10-11-25)30-23(31)18(13-26)14-27-5-2/h5-9,12-14,16H,2,4,10-11,15,26H2,1,3H3,(H,29,32)(H,30,31)/b18-13+,27-14?. The Bertz CT molecular complexity index is 1100. The van der Waals surface area contributed by atoms with Gasteiger partial charge in [0.05, 0.1) is 31.1 Å². The number of benzene rings is 1. The molecule has 34 heavy (non-hydrogen) atoms. The molecule has 0 radical (unpaired) electrons. The number of hydrogen-bond acceptors (Lipinski definition) is 7. The highest BCUT2D eigenvalue weighted by atomic mass is 16.5. The Morgan fingerprint density at radius 3 is 2.62 bits per heavy atom. The van der Waals surface area contributed by atoms with Crippen molar-refractivity contribution in [2.75, 3.05) is 7.11 Å². The van der Waals surface area contributed by atoms with Crippen LogP contribution in [0.4, 0.5) is 0 Å². The summed E-state index contributed by atoms with van der Waals surface area (Å²) in [6.45, 7) is 5.72. The molecule has 0 saturated heterocycles. The van der Waals surface area contributed by atoms with Crippen LogP contribution in [-0.2, 0) is 22.6 Å². The van der Waals surface area contributed by atoms with E-state index in [0.717, 1.165) is 29.7 Å². The van der Waals surface area contributed by atoms with E-state index in [2.05, 4.69) is 27.2 Å². The van der Waals surface area contributed by atoms with E-state index in [-0.39, 0.29) is 18.0 Å². The predicted octanol–water partition coefficient (Wildman–Crippen LogP) is 2.77. The third kappa shape index (κ3) is 6.00. The molecule has 9 nitrogen and oxygen atoms in total. The number of nitrogens with zero attached hydrogens (tertiary/aromatic N) is 2. The first-order valence-electron chi connectivity index (χ1n) is 10.9. The number of ether oxygens (including phenoxy) is 2. The molecular weight excluding hydrogens is 434 g/mol. The van der Waals surface area contributed by atoms with Crippen LogP contribution in [0.5, 0.6) is 17.2 Å². The van der Waals surface area contributed by atoms with Gasteiger partial charge in [0.25, 0.3) is 5.91 Å². The molecule has 2 amide bonds. The Morgan fingerprint density at radius 1 is 1.26 bits per heavy atom. The van der Waals surface area contributed by atoms with E-state index >= 15 is 0 Å². The van der Waals surface area contributed by atoms with Crippen molar-refractivity contribution in [3.8, 4) is 17.2 Å². The Hall–Kier alpha value is -4.14. The number of aromatic nitrogens is 1. The van der Waals surface area contributed by atoms with Crippen molar-refractivity contribution in [2.45, 2.75) is 38.3 Å². The molecule has 0 bridgehead atoms. The number of methoxy groups -OCH3 is 1. The van der Waals surface area contributed by atoms with Gasteiger partial charge >= 0.3 is 0 Å². The summed E-state index contributed by atoms with van der Waals surface area (Å²) < 4.78 is 11.2. The molecule has 1 aromatic heterocycles. The van der Waals surface area contributed by atoms with Gasteiger partial charge in [0.1, 0.15) is 22.8 Å². The molecule has 1 aliphatic rings. The molecule has 3 rings (SSSR count). The number of pyridine rings is 1. The molecule has 1 fully saturated rings. The third-order valence-corrected chi connectivity index (χ3v) is 5.40. The fraction of sp³-hybridized carbons (Fsp3) is 0.280. The van der Waals surface area contributed by atoms with Gasteiger partial charge in [-0.1, -0.05) is 13.5 Å². The van der Waals surface area contributed by atoms with Crippen LogP contribution in [0.3, 0.4) is 0 Å². The summed E-state index contributed by atoms with van der Waals surface area (Å²) in [5, 5.41) is 5.58. The van der Waals surface area contributed by atoms with Crippen LogP contribution < -0.4 is 25.8 Å². The van der Waals surface area contributed by atoms with Gasteiger partial charge in [-0.25, -0.2) is 0 Å². The molecule has 2 aromatic rings. The Morgan fingerprint density at radius 2 is 2.03 bits per heavy atom. The van der Waals surface area contributed by atoms with Gasteiger partial charge in [-0.15, -0.1) is 0 Å². The minimum Gasteiger partial charge on any atom is -0.497 e. The molecule has 1 aromatic carbocycles. The number of nitrogens with two attached hydrogens (primary N) is 1. The molecule has 4 N–H and O–H groups in total. The molecule has 0 unspecified atom stereocenters. The van der Waals surface area contributed by atoms with Gasteiger partial charge in [-0.05, 0) is 55.2 Å². The van der Waals surface area contributed by atoms with E-state index in [0.29, 0.717) is 24.3 Å². The third-order valence-electron chi connectivity index (χ3n) is 5.40. The Kier molecular flexibility index (Phi) is 8.02. The molecule has 1 aliphatic carbocycles. The zero-order chi connectivity index (χ0) is 24.6. The molecule has 1 saturated carbocycles. The second kappa shape index (κ2) is 11.1. The molecule has 0 atom stereocenters.